The van der Waals surface area contributed by atoms with E-state index in [1.807, 2.05) is 6.07 Å². The van der Waals surface area contributed by atoms with E-state index < -0.39 is 0 Å². The summed E-state index contributed by atoms with van der Waals surface area (Å²) in [4.78, 5) is 3.51. The molecule has 116 valence electrons. The van der Waals surface area contributed by atoms with Gasteiger partial charge in [0, 0.05) is 16.5 Å². The molecule has 0 spiro atoms. The number of H-pyrrole nitrogens is 1. The van der Waals surface area contributed by atoms with Gasteiger partial charge in [0.2, 0.25) is 12.1 Å². The van der Waals surface area contributed by atoms with Gasteiger partial charge in [-0.3, -0.25) is 0 Å². The van der Waals surface area contributed by atoms with Crippen LogP contribution in [-0.2, 0) is 6.54 Å². The van der Waals surface area contributed by atoms with Crippen molar-refractivity contribution in [2.45, 2.75) is 13.5 Å². The Balaban J connectivity index is 0.00000156. The van der Waals surface area contributed by atoms with Gasteiger partial charge in [0.25, 0.3) is 0 Å². The zero-order chi connectivity index (χ0) is 14.9. The van der Waals surface area contributed by atoms with Gasteiger partial charge in [0.1, 0.15) is 18.9 Å². The molecule has 0 fully saturated rings. The monoisotopic (exact) mass is 367 g/mol. The molecule has 0 aliphatic rings. The van der Waals surface area contributed by atoms with Gasteiger partial charge < -0.3 is 22.0 Å². The number of hydrogen-bond donors (Lipinski definition) is 1. The van der Waals surface area contributed by atoms with Gasteiger partial charge in [0.05, 0.1) is 0 Å². The van der Waals surface area contributed by atoms with Crippen molar-refractivity contribution >= 4 is 10.9 Å². The van der Waals surface area contributed by atoms with E-state index in [-0.39, 0.29) is 17.0 Å². The number of halogens is 1. The first-order valence-corrected chi connectivity index (χ1v) is 7.50. The van der Waals surface area contributed by atoms with Gasteiger partial charge in [0.15, 0.2) is 0 Å². The summed E-state index contributed by atoms with van der Waals surface area (Å²) in [5, 5.41) is 1.28. The molecule has 1 N–H and O–H groups in total. The maximum absolute atomic E-state index is 3.51. The molecule has 4 aromatic rings. The van der Waals surface area contributed by atoms with Crippen LogP contribution < -0.4 is 21.5 Å². The third-order valence-electron chi connectivity index (χ3n) is 4.10. The van der Waals surface area contributed by atoms with Crippen molar-refractivity contribution in [3.8, 4) is 5.82 Å². The first kappa shape index (κ1) is 15.6. The van der Waals surface area contributed by atoms with Gasteiger partial charge in [-0.2, -0.15) is 4.57 Å². The molecule has 23 heavy (non-hydrogen) atoms. The highest BCUT2D eigenvalue weighted by Crippen LogP contribution is 2.23. The summed E-state index contributed by atoms with van der Waals surface area (Å²) < 4.78 is 4.35. The fourth-order valence-corrected chi connectivity index (χ4v) is 2.94. The SMILES string of the molecule is Cc1c(-n2cc[n+](Cc3ccccc3)c2)[nH]c2ccccc12.[Br-]. The molecule has 2 aromatic carbocycles. The molecule has 0 bridgehead atoms. The highest BCUT2D eigenvalue weighted by molar-refractivity contribution is 5.86. The Kier molecular flexibility index (Phi) is 4.35. The van der Waals surface area contributed by atoms with Crippen LogP contribution in [0.4, 0.5) is 0 Å². The third kappa shape index (κ3) is 2.94. The molecule has 0 unspecified atom stereocenters. The molecule has 0 aliphatic heterocycles. The molecule has 0 radical (unpaired) electrons. The van der Waals surface area contributed by atoms with Crippen molar-refractivity contribution in [1.29, 1.82) is 0 Å². The predicted octanol–water partition coefficient (Wildman–Crippen LogP) is 0.607. The second-order valence-corrected chi connectivity index (χ2v) is 5.62. The van der Waals surface area contributed by atoms with E-state index in [4.69, 9.17) is 0 Å². The summed E-state index contributed by atoms with van der Waals surface area (Å²) >= 11 is 0. The lowest BCUT2D eigenvalue weighted by atomic mass is 10.2. The average molecular weight is 368 g/mol. The quantitative estimate of drug-likeness (QED) is 0.513. The average Bonchev–Trinajstić information content (AvgIpc) is 3.14. The lowest BCUT2D eigenvalue weighted by Gasteiger charge is -1.97. The van der Waals surface area contributed by atoms with Crippen LogP contribution in [0.3, 0.4) is 0 Å². The second-order valence-electron chi connectivity index (χ2n) is 5.62. The molecule has 0 saturated carbocycles. The van der Waals surface area contributed by atoms with E-state index in [1.165, 1.54) is 22.0 Å². The van der Waals surface area contributed by atoms with E-state index in [0.717, 1.165) is 12.4 Å². The van der Waals surface area contributed by atoms with Crippen molar-refractivity contribution < 1.29 is 21.5 Å². The number of imidazole rings is 1. The summed E-state index contributed by atoms with van der Waals surface area (Å²) in [5.41, 5.74) is 3.76. The summed E-state index contributed by atoms with van der Waals surface area (Å²) in [7, 11) is 0. The van der Waals surface area contributed by atoms with Crippen LogP contribution in [0.25, 0.3) is 16.7 Å². The molecule has 0 amide bonds. The summed E-state index contributed by atoms with van der Waals surface area (Å²) in [6.45, 7) is 3.04. The Hall–Kier alpha value is -2.33. The third-order valence-corrected chi connectivity index (χ3v) is 4.10. The Bertz CT molecular complexity index is 922. The number of aromatic nitrogens is 3. The van der Waals surface area contributed by atoms with Gasteiger partial charge >= 0.3 is 0 Å². The molecular formula is C19H18BrN3. The Morgan fingerprint density at radius 3 is 2.52 bits per heavy atom. The molecule has 0 saturated heterocycles. The number of aryl methyl sites for hydroxylation is 1. The fourth-order valence-electron chi connectivity index (χ4n) is 2.94. The number of fused-ring (bicyclic) bond motifs is 1. The van der Waals surface area contributed by atoms with E-state index >= 15 is 0 Å². The van der Waals surface area contributed by atoms with Gasteiger partial charge in [-0.25, -0.2) is 4.57 Å². The minimum absolute atomic E-state index is 0. The molecule has 2 heterocycles. The van der Waals surface area contributed by atoms with Gasteiger partial charge in [-0.1, -0.05) is 48.5 Å². The van der Waals surface area contributed by atoms with Crippen LogP contribution in [-0.4, -0.2) is 9.55 Å². The summed E-state index contributed by atoms with van der Waals surface area (Å²) in [6, 6.07) is 18.9. The molecule has 4 heteroatoms. The van der Waals surface area contributed by atoms with E-state index in [1.54, 1.807) is 0 Å². The van der Waals surface area contributed by atoms with Crippen molar-refractivity contribution in [2.75, 3.05) is 0 Å². The largest absolute Gasteiger partial charge is 1.00 e. The molecule has 4 rings (SSSR count). The van der Waals surface area contributed by atoms with Crippen LogP contribution >= 0.6 is 0 Å². The van der Waals surface area contributed by atoms with E-state index in [0.29, 0.717) is 0 Å². The lowest BCUT2D eigenvalue weighted by Crippen LogP contribution is -3.00. The second kappa shape index (κ2) is 6.42. The van der Waals surface area contributed by atoms with Crippen LogP contribution in [0.15, 0.2) is 73.3 Å². The summed E-state index contributed by atoms with van der Waals surface area (Å²) in [6.07, 6.45) is 6.34. The van der Waals surface area contributed by atoms with Crippen LogP contribution in [0.1, 0.15) is 11.1 Å². The standard InChI is InChI=1S/C19H18N3.BrH/c1-15-17-9-5-6-10-18(17)20-19(15)22-12-11-21(14-22)13-16-7-3-2-4-8-16;/h2-12,14,20H,13H2,1H3;1H/q+1;/p-1. The molecule has 2 aromatic heterocycles. The Morgan fingerprint density at radius 1 is 1.00 bits per heavy atom. The number of nitrogens with zero attached hydrogens (tertiary/aromatic N) is 2. The van der Waals surface area contributed by atoms with Gasteiger partial charge in [-0.15, -0.1) is 0 Å². The van der Waals surface area contributed by atoms with Crippen LogP contribution in [0.2, 0.25) is 0 Å². The number of aromatic amines is 1. The minimum atomic E-state index is 0. The van der Waals surface area contributed by atoms with Gasteiger partial charge in [-0.05, 0) is 18.6 Å². The van der Waals surface area contributed by atoms with E-state index in [2.05, 4.69) is 88.3 Å². The Labute approximate surface area is 146 Å². The predicted molar refractivity (Wildman–Crippen MR) is 88.1 cm³/mol. The van der Waals surface area contributed by atoms with E-state index in [9.17, 15) is 0 Å². The molecule has 0 atom stereocenters. The van der Waals surface area contributed by atoms with Crippen molar-refractivity contribution in [2.24, 2.45) is 0 Å². The van der Waals surface area contributed by atoms with Crippen LogP contribution in [0, 0.1) is 6.92 Å². The highest BCUT2D eigenvalue weighted by atomic mass is 79.9. The minimum Gasteiger partial charge on any atom is -1.00 e. The molecular weight excluding hydrogens is 350 g/mol. The summed E-state index contributed by atoms with van der Waals surface area (Å²) in [5.74, 6) is 1.13. The fraction of sp³-hybridized carbons (Fsp3) is 0.105. The normalized spacial score (nSPS) is 10.7. The topological polar surface area (TPSA) is 24.6 Å². The lowest BCUT2D eigenvalue weighted by molar-refractivity contribution is -0.687. The van der Waals surface area contributed by atoms with Crippen molar-refractivity contribution in [3.63, 3.8) is 0 Å². The number of nitrogens with one attached hydrogen (secondary N) is 1. The zero-order valence-corrected chi connectivity index (χ0v) is 14.5. The molecule has 0 aliphatic carbocycles. The first-order valence-electron chi connectivity index (χ1n) is 7.50. The first-order chi connectivity index (χ1) is 10.8. The Morgan fingerprint density at radius 2 is 1.74 bits per heavy atom. The maximum atomic E-state index is 3.51. The number of para-hydroxylation sites is 1. The number of benzene rings is 2. The van der Waals surface area contributed by atoms with Crippen molar-refractivity contribution in [1.82, 2.24) is 9.55 Å². The maximum Gasteiger partial charge on any atom is 0.250 e. The highest BCUT2D eigenvalue weighted by Gasteiger charge is 2.14. The number of rotatable bonds is 3. The molecule has 3 nitrogen and oxygen atoms in total. The number of hydrogen-bond acceptors (Lipinski definition) is 0. The smallest absolute Gasteiger partial charge is 0.250 e. The zero-order valence-electron chi connectivity index (χ0n) is 12.9. The van der Waals surface area contributed by atoms with Crippen molar-refractivity contribution in [3.05, 3.63) is 84.4 Å². The van der Waals surface area contributed by atoms with Crippen LogP contribution in [0.5, 0.6) is 0 Å².